The minimum Gasteiger partial charge on any atom is -0.457 e. The number of para-hydroxylation sites is 3. The van der Waals surface area contributed by atoms with E-state index in [0.717, 1.165) is 50.8 Å². The molecule has 0 unspecified atom stereocenters. The molecular weight excluding hydrogens is 927 g/mol. The smallest absolute Gasteiger partial charge is 0.132 e. The number of fused-ring (bicyclic) bond motifs is 20. The van der Waals surface area contributed by atoms with E-state index in [0.29, 0.717) is 0 Å². The van der Waals surface area contributed by atoms with Gasteiger partial charge in [-0.15, -0.1) is 0 Å². The van der Waals surface area contributed by atoms with Crippen LogP contribution in [0.3, 0.4) is 0 Å². The van der Waals surface area contributed by atoms with E-state index in [1.54, 1.807) is 0 Å². The molecular formula is C72H45NOS. The van der Waals surface area contributed by atoms with Crippen LogP contribution in [-0.2, 0) is 10.8 Å². The zero-order valence-corrected chi connectivity index (χ0v) is 41.6. The van der Waals surface area contributed by atoms with Crippen LogP contribution in [0.5, 0.6) is 11.5 Å². The lowest BCUT2D eigenvalue weighted by molar-refractivity contribution is 0.436. The average molecular weight is 972 g/mol. The van der Waals surface area contributed by atoms with Crippen molar-refractivity contribution in [2.24, 2.45) is 0 Å². The van der Waals surface area contributed by atoms with Crippen LogP contribution in [-0.4, -0.2) is 0 Å². The molecule has 3 heteroatoms. The van der Waals surface area contributed by atoms with E-state index >= 15 is 0 Å². The molecule has 0 saturated heterocycles. The maximum Gasteiger partial charge on any atom is 0.132 e. The second-order valence-electron chi connectivity index (χ2n) is 20.2. The van der Waals surface area contributed by atoms with Gasteiger partial charge in [0.2, 0.25) is 0 Å². The van der Waals surface area contributed by atoms with Gasteiger partial charge >= 0.3 is 0 Å². The number of hydrogen-bond acceptors (Lipinski definition) is 3. The molecule has 12 aromatic carbocycles. The first kappa shape index (κ1) is 42.4. The van der Waals surface area contributed by atoms with Crippen molar-refractivity contribution in [3.05, 3.63) is 317 Å². The van der Waals surface area contributed by atoms with Gasteiger partial charge in [-0.3, -0.25) is 0 Å². The SMILES string of the molecule is c1ccc(-c2ccc(-c3ccccc3N(c3ccc4c(c3)C3(c5ccccc5Sc5ccccc53)c3ccc5ccccc5c3-4)c3cccc4c3-c3ccccc3C43c4ccccc4Oc4ccccc43)cc2)cc1. The fourth-order valence-corrected chi connectivity index (χ4v) is 14.8. The lowest BCUT2D eigenvalue weighted by atomic mass is 9.66. The monoisotopic (exact) mass is 971 g/mol. The van der Waals surface area contributed by atoms with Crippen LogP contribution < -0.4 is 9.64 Å². The summed E-state index contributed by atoms with van der Waals surface area (Å²) in [5.41, 5.74) is 21.8. The predicted octanol–water partition coefficient (Wildman–Crippen LogP) is 18.9. The minimum atomic E-state index is -0.635. The molecule has 0 radical (unpaired) electrons. The fourth-order valence-electron chi connectivity index (χ4n) is 13.7. The fraction of sp³-hybridized carbons (Fsp3) is 0.0278. The molecule has 0 amide bonds. The molecule has 0 atom stereocenters. The first-order valence-electron chi connectivity index (χ1n) is 25.9. The molecule has 2 aliphatic heterocycles. The highest BCUT2D eigenvalue weighted by molar-refractivity contribution is 7.99. The maximum absolute atomic E-state index is 6.80. The first-order chi connectivity index (χ1) is 37.2. The van der Waals surface area contributed by atoms with E-state index in [1.165, 1.54) is 87.3 Å². The van der Waals surface area contributed by atoms with Crippen molar-refractivity contribution in [1.29, 1.82) is 0 Å². The van der Waals surface area contributed by atoms with Crippen molar-refractivity contribution in [3.63, 3.8) is 0 Å². The molecule has 0 N–H and O–H groups in total. The highest BCUT2D eigenvalue weighted by Crippen LogP contribution is 2.66. The molecule has 2 spiro atoms. The third-order valence-corrected chi connectivity index (χ3v) is 17.8. The number of ether oxygens (including phenoxy) is 1. The lowest BCUT2D eigenvalue weighted by Gasteiger charge is -2.40. The molecule has 0 fully saturated rings. The van der Waals surface area contributed by atoms with Gasteiger partial charge in [0, 0.05) is 37.7 Å². The summed E-state index contributed by atoms with van der Waals surface area (Å²) in [7, 11) is 0. The maximum atomic E-state index is 6.80. The van der Waals surface area contributed by atoms with Crippen molar-refractivity contribution >= 4 is 39.6 Å². The molecule has 0 aromatic heterocycles. The Labute approximate surface area is 440 Å². The van der Waals surface area contributed by atoms with E-state index in [2.05, 4.69) is 278 Å². The molecule has 350 valence electrons. The third-order valence-electron chi connectivity index (χ3n) is 16.6. The molecule has 16 rings (SSSR count). The second kappa shape index (κ2) is 16.2. The van der Waals surface area contributed by atoms with Crippen LogP contribution >= 0.6 is 11.8 Å². The molecule has 12 aromatic rings. The highest BCUT2D eigenvalue weighted by Gasteiger charge is 2.53. The summed E-state index contributed by atoms with van der Waals surface area (Å²) in [5, 5.41) is 2.52. The molecule has 0 saturated carbocycles. The average Bonchev–Trinajstić information content (AvgIpc) is 3.98. The van der Waals surface area contributed by atoms with Gasteiger partial charge < -0.3 is 9.64 Å². The topological polar surface area (TPSA) is 12.5 Å². The zero-order chi connectivity index (χ0) is 49.2. The Morgan fingerprint density at radius 3 is 1.57 bits per heavy atom. The summed E-state index contributed by atoms with van der Waals surface area (Å²) in [6.07, 6.45) is 0. The molecule has 0 bridgehead atoms. The number of hydrogen-bond donors (Lipinski definition) is 0. The van der Waals surface area contributed by atoms with E-state index in [-0.39, 0.29) is 0 Å². The van der Waals surface area contributed by atoms with Gasteiger partial charge in [-0.1, -0.05) is 236 Å². The van der Waals surface area contributed by atoms with Gasteiger partial charge in [-0.05, 0) is 126 Å². The number of rotatable bonds is 5. The Morgan fingerprint density at radius 1 is 0.307 bits per heavy atom. The standard InChI is InChI=1S/C72H45NOS/c1-2-19-46(20-3-1)47-37-39-49(40-38-47)51-22-7-13-31-63(51)73(64-32-18-30-60-70(64)53-24-6-8-25-55(53)71(60)56-26-9-14-33-65(56)74-66-34-15-10-27-57(66)71)50-42-43-54-62(45-50)72(61-44-41-48-21-4-5-23-52(48)69(54)61)58-28-11-16-35-67(58)75-68-36-17-12-29-59(68)72/h1-45H. The van der Waals surface area contributed by atoms with E-state index in [4.69, 9.17) is 4.74 Å². The lowest BCUT2D eigenvalue weighted by Crippen LogP contribution is -2.32. The molecule has 4 aliphatic rings. The predicted molar refractivity (Wildman–Crippen MR) is 308 cm³/mol. The van der Waals surface area contributed by atoms with Gasteiger partial charge in [0.05, 0.1) is 22.2 Å². The normalized spacial score (nSPS) is 14.1. The molecule has 75 heavy (non-hydrogen) atoms. The Hall–Kier alpha value is -9.15. The summed E-state index contributed by atoms with van der Waals surface area (Å²) in [5.74, 6) is 1.76. The number of nitrogens with zero attached hydrogens (tertiary/aromatic N) is 1. The Balaban J connectivity index is 1.01. The Morgan fingerprint density at radius 2 is 0.827 bits per heavy atom. The van der Waals surface area contributed by atoms with Gasteiger partial charge in [0.15, 0.2) is 0 Å². The third kappa shape index (κ3) is 5.82. The largest absolute Gasteiger partial charge is 0.457 e. The van der Waals surface area contributed by atoms with Crippen molar-refractivity contribution in [2.45, 2.75) is 20.6 Å². The van der Waals surface area contributed by atoms with Crippen molar-refractivity contribution in [2.75, 3.05) is 4.90 Å². The second-order valence-corrected chi connectivity index (χ2v) is 21.3. The highest BCUT2D eigenvalue weighted by atomic mass is 32.2. The van der Waals surface area contributed by atoms with Gasteiger partial charge in [-0.25, -0.2) is 0 Å². The summed E-state index contributed by atoms with van der Waals surface area (Å²) in [6.45, 7) is 0. The van der Waals surface area contributed by atoms with Crippen LogP contribution in [0.15, 0.2) is 283 Å². The van der Waals surface area contributed by atoms with Crippen molar-refractivity contribution in [1.82, 2.24) is 0 Å². The molecule has 2 nitrogen and oxygen atoms in total. The van der Waals surface area contributed by atoms with Gasteiger partial charge in [-0.2, -0.15) is 0 Å². The van der Waals surface area contributed by atoms with E-state index < -0.39 is 10.8 Å². The Bertz CT molecular complexity index is 4230. The quantitative estimate of drug-likeness (QED) is 0.171. The van der Waals surface area contributed by atoms with Gasteiger partial charge in [0.25, 0.3) is 0 Å². The van der Waals surface area contributed by atoms with Crippen LogP contribution in [0.1, 0.15) is 44.5 Å². The zero-order valence-electron chi connectivity index (χ0n) is 40.7. The summed E-state index contributed by atoms with van der Waals surface area (Å²) in [6, 6.07) is 102. The Kier molecular flexibility index (Phi) is 9.14. The molecule has 2 heterocycles. The summed E-state index contributed by atoms with van der Waals surface area (Å²) >= 11 is 1.89. The number of benzene rings is 12. The van der Waals surface area contributed by atoms with Crippen LogP contribution in [0, 0.1) is 0 Å². The summed E-state index contributed by atoms with van der Waals surface area (Å²) in [4.78, 5) is 5.15. The number of anilines is 3. The summed E-state index contributed by atoms with van der Waals surface area (Å²) < 4.78 is 6.80. The first-order valence-corrected chi connectivity index (χ1v) is 26.7. The van der Waals surface area contributed by atoms with Crippen LogP contribution in [0.4, 0.5) is 17.1 Å². The van der Waals surface area contributed by atoms with E-state index in [9.17, 15) is 0 Å². The van der Waals surface area contributed by atoms with Crippen molar-refractivity contribution < 1.29 is 4.74 Å². The molecule has 2 aliphatic carbocycles. The van der Waals surface area contributed by atoms with Gasteiger partial charge in [0.1, 0.15) is 11.5 Å². The van der Waals surface area contributed by atoms with Crippen LogP contribution in [0.2, 0.25) is 0 Å². The van der Waals surface area contributed by atoms with E-state index in [1.807, 2.05) is 11.8 Å². The minimum absolute atomic E-state index is 0.591. The van der Waals surface area contributed by atoms with Crippen molar-refractivity contribution in [3.8, 4) is 56.0 Å². The van der Waals surface area contributed by atoms with Crippen LogP contribution in [0.25, 0.3) is 55.3 Å².